The number of likely N-dealkylation sites (N-methyl/N-ethyl adjacent to an activating group) is 1. The number of nitrogens with one attached hydrogen (secondary N) is 1. The maximum Gasteiger partial charge on any atom is 0.323 e. The van der Waals surface area contributed by atoms with Gasteiger partial charge in [0, 0.05) is 25.4 Å². The largest absolute Gasteiger partial charge is 0.480 e. The van der Waals surface area contributed by atoms with E-state index >= 15 is 0 Å². The summed E-state index contributed by atoms with van der Waals surface area (Å²) in [7, 11) is 1.45. The van der Waals surface area contributed by atoms with Crippen LogP contribution in [0.2, 0.25) is 0 Å². The summed E-state index contributed by atoms with van der Waals surface area (Å²) in [6.07, 6.45) is 4.15. The molecule has 19 heavy (non-hydrogen) atoms. The van der Waals surface area contributed by atoms with E-state index in [1.807, 2.05) is 0 Å². The van der Waals surface area contributed by atoms with Gasteiger partial charge in [0.05, 0.1) is 0 Å². The standard InChI is InChI=1S/C13H22N2O4/c1-9(7-11(16)15(2)8-12(17)18)14-13(19)10-5-3-4-6-10/h9-10H,3-8H2,1-2H3,(H,14,19)(H,17,18). The average molecular weight is 270 g/mol. The SMILES string of the molecule is CC(CC(=O)N(C)CC(=O)O)NC(=O)C1CCCC1. The first kappa shape index (κ1) is 15.5. The summed E-state index contributed by atoms with van der Waals surface area (Å²) < 4.78 is 0. The number of rotatable bonds is 6. The fraction of sp³-hybridized carbons (Fsp3) is 0.769. The van der Waals surface area contributed by atoms with Crippen LogP contribution in [0.5, 0.6) is 0 Å². The third kappa shape index (κ3) is 5.28. The van der Waals surface area contributed by atoms with Gasteiger partial charge >= 0.3 is 5.97 Å². The van der Waals surface area contributed by atoms with Crippen molar-refractivity contribution in [1.29, 1.82) is 0 Å². The van der Waals surface area contributed by atoms with Gasteiger partial charge in [-0.2, -0.15) is 0 Å². The maximum atomic E-state index is 11.9. The van der Waals surface area contributed by atoms with Crippen LogP contribution in [0, 0.1) is 5.92 Å². The number of hydrogen-bond donors (Lipinski definition) is 2. The van der Waals surface area contributed by atoms with E-state index in [2.05, 4.69) is 5.32 Å². The van der Waals surface area contributed by atoms with Gasteiger partial charge in [0.25, 0.3) is 0 Å². The number of hydrogen-bond acceptors (Lipinski definition) is 3. The van der Waals surface area contributed by atoms with E-state index in [0.717, 1.165) is 30.6 Å². The molecule has 1 aliphatic rings. The van der Waals surface area contributed by atoms with E-state index < -0.39 is 5.97 Å². The highest BCUT2D eigenvalue weighted by atomic mass is 16.4. The molecule has 1 saturated carbocycles. The van der Waals surface area contributed by atoms with Gasteiger partial charge in [0.15, 0.2) is 0 Å². The predicted molar refractivity (Wildman–Crippen MR) is 69.5 cm³/mol. The van der Waals surface area contributed by atoms with E-state index in [9.17, 15) is 14.4 Å². The third-order valence-electron chi connectivity index (χ3n) is 3.39. The van der Waals surface area contributed by atoms with E-state index in [0.29, 0.717) is 0 Å². The van der Waals surface area contributed by atoms with Gasteiger partial charge in [-0.05, 0) is 19.8 Å². The first-order chi connectivity index (χ1) is 8.90. The molecule has 1 aliphatic carbocycles. The van der Waals surface area contributed by atoms with E-state index in [-0.39, 0.29) is 36.7 Å². The smallest absolute Gasteiger partial charge is 0.323 e. The molecular formula is C13H22N2O4. The van der Waals surface area contributed by atoms with Crippen LogP contribution in [-0.4, -0.2) is 47.4 Å². The molecule has 1 unspecified atom stereocenters. The normalized spacial score (nSPS) is 16.9. The molecule has 108 valence electrons. The molecule has 6 heteroatoms. The Labute approximate surface area is 113 Å². The lowest BCUT2D eigenvalue weighted by molar-refractivity contribution is -0.143. The second kappa shape index (κ2) is 7.11. The summed E-state index contributed by atoms with van der Waals surface area (Å²) in [5.74, 6) is -1.23. The summed E-state index contributed by atoms with van der Waals surface area (Å²) in [4.78, 5) is 35.2. The zero-order valence-corrected chi connectivity index (χ0v) is 11.5. The highest BCUT2D eigenvalue weighted by Gasteiger charge is 2.24. The molecule has 0 aromatic heterocycles. The molecule has 0 bridgehead atoms. The number of aliphatic carboxylic acids is 1. The average Bonchev–Trinajstić information content (AvgIpc) is 2.80. The van der Waals surface area contributed by atoms with Crippen LogP contribution in [0.15, 0.2) is 0 Å². The van der Waals surface area contributed by atoms with Crippen LogP contribution < -0.4 is 5.32 Å². The minimum Gasteiger partial charge on any atom is -0.480 e. The Hall–Kier alpha value is -1.59. The zero-order valence-electron chi connectivity index (χ0n) is 11.5. The van der Waals surface area contributed by atoms with Crippen molar-refractivity contribution in [2.24, 2.45) is 5.92 Å². The second-order valence-electron chi connectivity index (χ2n) is 5.24. The topological polar surface area (TPSA) is 86.7 Å². The molecule has 0 aromatic carbocycles. The zero-order chi connectivity index (χ0) is 14.4. The second-order valence-corrected chi connectivity index (χ2v) is 5.24. The van der Waals surface area contributed by atoms with E-state index in [1.54, 1.807) is 6.92 Å². The first-order valence-corrected chi connectivity index (χ1v) is 6.66. The molecule has 0 spiro atoms. The van der Waals surface area contributed by atoms with Crippen molar-refractivity contribution in [2.45, 2.75) is 45.1 Å². The molecule has 1 atom stereocenters. The third-order valence-corrected chi connectivity index (χ3v) is 3.39. The van der Waals surface area contributed by atoms with Gasteiger partial charge in [0.2, 0.25) is 11.8 Å². The van der Waals surface area contributed by atoms with Crippen molar-refractivity contribution >= 4 is 17.8 Å². The number of carboxylic acid groups (broad SMARTS) is 1. The molecule has 0 radical (unpaired) electrons. The van der Waals surface area contributed by atoms with Crippen LogP contribution >= 0.6 is 0 Å². The predicted octanol–water partition coefficient (Wildman–Crippen LogP) is 0.614. The van der Waals surface area contributed by atoms with Crippen molar-refractivity contribution in [3.05, 3.63) is 0 Å². The van der Waals surface area contributed by atoms with Crippen molar-refractivity contribution in [3.63, 3.8) is 0 Å². The first-order valence-electron chi connectivity index (χ1n) is 6.66. The quantitative estimate of drug-likeness (QED) is 0.740. The lowest BCUT2D eigenvalue weighted by atomic mass is 10.1. The number of carbonyl (C=O) groups is 3. The van der Waals surface area contributed by atoms with E-state index in [1.165, 1.54) is 7.05 Å². The Morgan fingerprint density at radius 2 is 1.89 bits per heavy atom. The molecule has 2 N–H and O–H groups in total. The highest BCUT2D eigenvalue weighted by Crippen LogP contribution is 2.24. The fourth-order valence-corrected chi connectivity index (χ4v) is 2.31. The number of amides is 2. The Bertz CT molecular complexity index is 351. The molecular weight excluding hydrogens is 248 g/mol. The minimum absolute atomic E-state index is 0.0127. The fourth-order valence-electron chi connectivity index (χ4n) is 2.31. The van der Waals surface area contributed by atoms with Crippen LogP contribution in [0.25, 0.3) is 0 Å². The molecule has 1 fully saturated rings. The Kier molecular flexibility index (Phi) is 5.79. The molecule has 2 amide bonds. The maximum absolute atomic E-state index is 11.9. The summed E-state index contributed by atoms with van der Waals surface area (Å²) in [5, 5.41) is 11.4. The highest BCUT2D eigenvalue weighted by molar-refractivity contribution is 5.83. The minimum atomic E-state index is -1.04. The molecule has 1 rings (SSSR count). The summed E-state index contributed by atoms with van der Waals surface area (Å²) in [6.45, 7) is 1.45. The van der Waals surface area contributed by atoms with Gasteiger partial charge in [-0.15, -0.1) is 0 Å². The van der Waals surface area contributed by atoms with Crippen molar-refractivity contribution in [1.82, 2.24) is 10.2 Å². The molecule has 0 saturated heterocycles. The molecule has 0 heterocycles. The lowest BCUT2D eigenvalue weighted by Crippen LogP contribution is -2.41. The number of carboxylic acids is 1. The van der Waals surface area contributed by atoms with E-state index in [4.69, 9.17) is 5.11 Å². The van der Waals surface area contributed by atoms with Crippen molar-refractivity contribution in [2.75, 3.05) is 13.6 Å². The van der Waals surface area contributed by atoms with Crippen LogP contribution in [0.1, 0.15) is 39.0 Å². The lowest BCUT2D eigenvalue weighted by Gasteiger charge is -2.20. The molecule has 0 aliphatic heterocycles. The summed E-state index contributed by atoms with van der Waals surface area (Å²) in [6, 6.07) is -0.267. The summed E-state index contributed by atoms with van der Waals surface area (Å²) in [5.41, 5.74) is 0. The Balaban J connectivity index is 2.33. The molecule has 0 aromatic rings. The monoisotopic (exact) mass is 270 g/mol. The van der Waals surface area contributed by atoms with Crippen molar-refractivity contribution in [3.8, 4) is 0 Å². The van der Waals surface area contributed by atoms with Gasteiger partial charge < -0.3 is 15.3 Å². The van der Waals surface area contributed by atoms with Crippen molar-refractivity contribution < 1.29 is 19.5 Å². The van der Waals surface area contributed by atoms with Crippen LogP contribution in [-0.2, 0) is 14.4 Å². The van der Waals surface area contributed by atoms with Gasteiger partial charge in [-0.3, -0.25) is 14.4 Å². The van der Waals surface area contributed by atoms with Gasteiger partial charge in [0.1, 0.15) is 6.54 Å². The molecule has 6 nitrogen and oxygen atoms in total. The van der Waals surface area contributed by atoms with Gasteiger partial charge in [-0.25, -0.2) is 0 Å². The van der Waals surface area contributed by atoms with Crippen LogP contribution in [0.3, 0.4) is 0 Å². The summed E-state index contributed by atoms with van der Waals surface area (Å²) >= 11 is 0. The Morgan fingerprint density at radius 3 is 2.42 bits per heavy atom. The number of nitrogens with zero attached hydrogens (tertiary/aromatic N) is 1. The Morgan fingerprint density at radius 1 is 1.32 bits per heavy atom. The van der Waals surface area contributed by atoms with Gasteiger partial charge in [-0.1, -0.05) is 12.8 Å². The number of carbonyl (C=O) groups excluding carboxylic acids is 2. The van der Waals surface area contributed by atoms with Crippen LogP contribution in [0.4, 0.5) is 0 Å².